The molecule has 0 saturated carbocycles. The molecule has 0 atom stereocenters. The highest BCUT2D eigenvalue weighted by Crippen LogP contribution is 2.17. The lowest BCUT2D eigenvalue weighted by atomic mass is 10.0. The second kappa shape index (κ2) is 7.26. The van der Waals surface area contributed by atoms with Crippen LogP contribution in [0.4, 0.5) is 10.0 Å². The first kappa shape index (κ1) is 13.9. The van der Waals surface area contributed by atoms with Gasteiger partial charge in [0.1, 0.15) is 0 Å². The number of anilines is 1. The Morgan fingerprint density at radius 2 is 1.80 bits per heavy atom. The maximum Gasteiger partial charge on any atom is 0.674 e. The summed E-state index contributed by atoms with van der Waals surface area (Å²) in [5.74, 6) is 0. The first-order valence-electron chi connectivity index (χ1n) is 4.89. The molecule has 0 saturated heterocycles. The molecule has 1 aromatic carbocycles. The maximum atomic E-state index is 10.1. The normalized spacial score (nSPS) is 9.13. The lowest BCUT2D eigenvalue weighted by molar-refractivity contribution is 0.340. The van der Waals surface area contributed by atoms with Gasteiger partial charge < -0.3 is 15.8 Å². The molecule has 0 aliphatic heterocycles. The minimum absolute atomic E-state index is 0.937. The van der Waals surface area contributed by atoms with Gasteiger partial charge in [-0.05, 0) is 30.0 Å². The molecule has 0 bridgehead atoms. The van der Waals surface area contributed by atoms with Gasteiger partial charge in [0, 0.05) is 5.69 Å². The van der Waals surface area contributed by atoms with Crippen LogP contribution < -0.4 is 5.73 Å². The van der Waals surface area contributed by atoms with Gasteiger partial charge in [-0.25, -0.2) is 0 Å². The highest BCUT2D eigenvalue weighted by molar-refractivity contribution is 6.31. The molecule has 0 fully saturated rings. The van der Waals surface area contributed by atoms with Gasteiger partial charge >= 0.3 is 7.40 Å². The highest BCUT2D eigenvalue weighted by atomic mass is 19.1. The Labute approximate surface area is 89.9 Å². The van der Waals surface area contributed by atoms with Gasteiger partial charge in [0.15, 0.2) is 0 Å². The van der Waals surface area contributed by atoms with Gasteiger partial charge in [-0.1, -0.05) is 26.0 Å². The summed E-state index contributed by atoms with van der Waals surface area (Å²) in [6.07, 6.45) is 2.12. The average Bonchev–Trinajstić information content (AvgIpc) is 2.16. The molecule has 0 radical (unpaired) electrons. The van der Waals surface area contributed by atoms with Gasteiger partial charge in [-0.2, -0.15) is 0 Å². The zero-order valence-electron chi connectivity index (χ0n) is 9.07. The summed E-state index contributed by atoms with van der Waals surface area (Å²) in [6, 6.07) is 6.14. The quantitative estimate of drug-likeness (QED) is 0.512. The van der Waals surface area contributed by atoms with E-state index >= 15 is 0 Å². The van der Waals surface area contributed by atoms with Gasteiger partial charge in [-0.15, -0.1) is 0 Å². The second-order valence-corrected chi connectivity index (χ2v) is 3.00. The van der Waals surface area contributed by atoms with Crippen molar-refractivity contribution in [2.24, 2.45) is 0 Å². The van der Waals surface area contributed by atoms with E-state index in [1.54, 1.807) is 0 Å². The molecule has 0 aromatic heterocycles. The van der Waals surface area contributed by atoms with Crippen molar-refractivity contribution >= 4 is 13.1 Å². The first-order chi connectivity index (χ1) is 7.02. The molecule has 0 aliphatic carbocycles. The standard InChI is InChI=1S/C10H15N.BFH2O2/c1-3-8-6-5-7-10(11)9(8)4-2;2-1(3)4/h5-7H,3-4,11H2,1-2H3;3-4H. The number of hydrogen-bond acceptors (Lipinski definition) is 3. The Morgan fingerprint density at radius 3 is 2.13 bits per heavy atom. The zero-order chi connectivity index (χ0) is 11.8. The number of halogens is 1. The van der Waals surface area contributed by atoms with E-state index in [1.807, 2.05) is 12.1 Å². The maximum absolute atomic E-state index is 10.1. The average molecular weight is 213 g/mol. The summed E-state index contributed by atoms with van der Waals surface area (Å²) in [6.45, 7) is 4.30. The first-order valence-corrected chi connectivity index (χ1v) is 4.89. The molecule has 1 rings (SSSR count). The Morgan fingerprint density at radius 1 is 1.27 bits per heavy atom. The third kappa shape index (κ3) is 5.39. The van der Waals surface area contributed by atoms with Crippen LogP contribution in [0.5, 0.6) is 0 Å². The lowest BCUT2D eigenvalue weighted by Crippen LogP contribution is -1.98. The van der Waals surface area contributed by atoms with E-state index in [-0.39, 0.29) is 0 Å². The van der Waals surface area contributed by atoms with Gasteiger partial charge in [0.25, 0.3) is 0 Å². The molecular formula is C10H17BFNO2. The molecule has 0 spiro atoms. The van der Waals surface area contributed by atoms with Crippen LogP contribution in [-0.2, 0) is 12.8 Å². The van der Waals surface area contributed by atoms with Crippen molar-refractivity contribution in [2.45, 2.75) is 26.7 Å². The Bertz CT molecular complexity index is 292. The monoisotopic (exact) mass is 213 g/mol. The molecule has 0 unspecified atom stereocenters. The SMILES string of the molecule is CCc1cccc(N)c1CC.OB(O)F. The van der Waals surface area contributed by atoms with Crippen molar-refractivity contribution in [1.29, 1.82) is 0 Å². The third-order valence-electron chi connectivity index (χ3n) is 2.04. The molecule has 0 aliphatic rings. The molecule has 0 heterocycles. The highest BCUT2D eigenvalue weighted by Gasteiger charge is 2.00. The summed E-state index contributed by atoms with van der Waals surface area (Å²) < 4.78 is 10.1. The fourth-order valence-corrected chi connectivity index (χ4v) is 1.42. The Hall–Kier alpha value is -1.07. The predicted molar refractivity (Wildman–Crippen MR) is 60.9 cm³/mol. The largest absolute Gasteiger partial charge is 0.674 e. The number of nitrogen functional groups attached to an aromatic ring is 1. The second-order valence-electron chi connectivity index (χ2n) is 3.00. The van der Waals surface area contributed by atoms with Crippen LogP contribution in [0.15, 0.2) is 18.2 Å². The summed E-state index contributed by atoms with van der Waals surface area (Å²) >= 11 is 0. The molecule has 5 heteroatoms. The number of rotatable bonds is 2. The minimum atomic E-state index is -2.67. The van der Waals surface area contributed by atoms with Crippen LogP contribution in [-0.4, -0.2) is 17.4 Å². The van der Waals surface area contributed by atoms with Crippen molar-refractivity contribution in [1.82, 2.24) is 0 Å². The number of hydrogen-bond donors (Lipinski definition) is 3. The Kier molecular flexibility index (Phi) is 6.74. The van der Waals surface area contributed by atoms with Crippen LogP contribution in [0.2, 0.25) is 0 Å². The summed E-state index contributed by atoms with van der Waals surface area (Å²) in [7, 11) is -2.67. The molecule has 3 nitrogen and oxygen atoms in total. The Balaban J connectivity index is 0.000000423. The summed E-state index contributed by atoms with van der Waals surface area (Å²) in [5.41, 5.74) is 9.44. The van der Waals surface area contributed by atoms with Gasteiger partial charge in [0.2, 0.25) is 0 Å². The van der Waals surface area contributed by atoms with Crippen molar-refractivity contribution < 1.29 is 14.4 Å². The van der Waals surface area contributed by atoms with Crippen LogP contribution in [0.1, 0.15) is 25.0 Å². The van der Waals surface area contributed by atoms with E-state index in [9.17, 15) is 4.32 Å². The van der Waals surface area contributed by atoms with Gasteiger partial charge in [0.05, 0.1) is 0 Å². The van der Waals surface area contributed by atoms with E-state index in [1.165, 1.54) is 11.1 Å². The number of benzene rings is 1. The topological polar surface area (TPSA) is 66.5 Å². The van der Waals surface area contributed by atoms with E-state index in [0.29, 0.717) is 0 Å². The van der Waals surface area contributed by atoms with Crippen molar-refractivity contribution in [2.75, 3.05) is 5.73 Å². The van der Waals surface area contributed by atoms with E-state index in [4.69, 9.17) is 15.8 Å². The van der Waals surface area contributed by atoms with Crippen LogP contribution >= 0.6 is 0 Å². The van der Waals surface area contributed by atoms with E-state index in [2.05, 4.69) is 19.9 Å². The zero-order valence-corrected chi connectivity index (χ0v) is 9.07. The van der Waals surface area contributed by atoms with Crippen LogP contribution in [0.3, 0.4) is 0 Å². The molecule has 84 valence electrons. The van der Waals surface area contributed by atoms with Gasteiger partial charge in [-0.3, -0.25) is 4.32 Å². The van der Waals surface area contributed by atoms with Crippen LogP contribution in [0, 0.1) is 0 Å². The summed E-state index contributed by atoms with van der Waals surface area (Å²) in [5, 5.41) is 13.9. The van der Waals surface area contributed by atoms with E-state index < -0.39 is 7.40 Å². The van der Waals surface area contributed by atoms with Crippen molar-refractivity contribution in [3.63, 3.8) is 0 Å². The van der Waals surface area contributed by atoms with Crippen molar-refractivity contribution in [3.05, 3.63) is 29.3 Å². The fraction of sp³-hybridized carbons (Fsp3) is 0.400. The molecule has 4 N–H and O–H groups in total. The third-order valence-corrected chi connectivity index (χ3v) is 2.04. The smallest absolute Gasteiger partial charge is 0.398 e. The molecule has 0 amide bonds. The van der Waals surface area contributed by atoms with Crippen LogP contribution in [0.25, 0.3) is 0 Å². The minimum Gasteiger partial charge on any atom is -0.398 e. The number of aryl methyl sites for hydroxylation is 1. The fourth-order valence-electron chi connectivity index (χ4n) is 1.42. The summed E-state index contributed by atoms with van der Waals surface area (Å²) in [4.78, 5) is 0. The molecular weight excluding hydrogens is 196 g/mol. The molecule has 1 aromatic rings. The van der Waals surface area contributed by atoms with E-state index in [0.717, 1.165) is 18.5 Å². The predicted octanol–water partition coefficient (Wildman–Crippen LogP) is 1.32. The molecule has 15 heavy (non-hydrogen) atoms. The lowest BCUT2D eigenvalue weighted by Gasteiger charge is -2.07. The van der Waals surface area contributed by atoms with Crippen molar-refractivity contribution in [3.8, 4) is 0 Å². The number of nitrogens with two attached hydrogens (primary N) is 1.